The summed E-state index contributed by atoms with van der Waals surface area (Å²) in [6.07, 6.45) is 4.33. The van der Waals surface area contributed by atoms with Crippen LogP contribution in [0.2, 0.25) is 0 Å². The number of aryl methyl sites for hydroxylation is 1. The van der Waals surface area contributed by atoms with E-state index in [1.165, 1.54) is 24.2 Å². The lowest BCUT2D eigenvalue weighted by atomic mass is 9.72. The minimum Gasteiger partial charge on any atom is -0.275 e. The maximum atomic E-state index is 11.8. The number of rotatable bonds is 5. The molecule has 0 aromatic heterocycles. The van der Waals surface area contributed by atoms with Crippen LogP contribution in [0, 0.1) is 11.8 Å². The number of hydroxylamine groups is 2. The topological polar surface area (TPSA) is 29.5 Å². The largest absolute Gasteiger partial charge is 0.275 e. The van der Waals surface area contributed by atoms with Crippen LogP contribution in [-0.2, 0) is 16.1 Å². The van der Waals surface area contributed by atoms with Crippen LogP contribution >= 0.6 is 0 Å². The fourth-order valence-electron chi connectivity index (χ4n) is 2.54. The van der Waals surface area contributed by atoms with E-state index in [9.17, 15) is 4.79 Å². The Bertz CT molecular complexity index is 385. The van der Waals surface area contributed by atoms with E-state index in [0.29, 0.717) is 5.92 Å². The zero-order valence-electron chi connectivity index (χ0n) is 11.1. The van der Waals surface area contributed by atoms with Crippen molar-refractivity contribution in [2.24, 2.45) is 11.8 Å². The average molecular weight is 247 g/mol. The number of hydrogen-bond acceptors (Lipinski definition) is 2. The van der Waals surface area contributed by atoms with Gasteiger partial charge in [-0.05, 0) is 37.2 Å². The standard InChI is InChI=1S/C15H21NO2/c1-16(18-2)15(17)14-10-13(11-14)9-8-12-6-4-3-5-7-12/h3-7,13-14H,8-11H2,1-2H3. The summed E-state index contributed by atoms with van der Waals surface area (Å²) >= 11 is 0. The van der Waals surface area contributed by atoms with E-state index in [0.717, 1.165) is 19.3 Å². The molecular formula is C15H21NO2. The summed E-state index contributed by atoms with van der Waals surface area (Å²) in [7, 11) is 3.21. The van der Waals surface area contributed by atoms with Crippen LogP contribution in [0.25, 0.3) is 0 Å². The highest BCUT2D eigenvalue weighted by Gasteiger charge is 2.35. The average Bonchev–Trinajstić information content (AvgIpc) is 2.36. The lowest BCUT2D eigenvalue weighted by molar-refractivity contribution is -0.177. The zero-order valence-corrected chi connectivity index (χ0v) is 11.1. The molecule has 3 heteroatoms. The zero-order chi connectivity index (χ0) is 13.0. The number of nitrogens with zero attached hydrogens (tertiary/aromatic N) is 1. The van der Waals surface area contributed by atoms with Crippen LogP contribution in [0.4, 0.5) is 0 Å². The van der Waals surface area contributed by atoms with Gasteiger partial charge in [-0.25, -0.2) is 5.06 Å². The summed E-state index contributed by atoms with van der Waals surface area (Å²) in [5, 5.41) is 1.35. The van der Waals surface area contributed by atoms with Gasteiger partial charge in [-0.2, -0.15) is 0 Å². The lowest BCUT2D eigenvalue weighted by Gasteiger charge is -2.35. The molecule has 0 unspecified atom stereocenters. The predicted octanol–water partition coefficient (Wildman–Crippen LogP) is 2.67. The minimum absolute atomic E-state index is 0.119. The van der Waals surface area contributed by atoms with Crippen molar-refractivity contribution in [2.45, 2.75) is 25.7 Å². The maximum absolute atomic E-state index is 11.8. The van der Waals surface area contributed by atoms with E-state index >= 15 is 0 Å². The number of carbonyl (C=O) groups excluding carboxylic acids is 1. The van der Waals surface area contributed by atoms with Crippen molar-refractivity contribution >= 4 is 5.91 Å². The molecule has 0 atom stereocenters. The van der Waals surface area contributed by atoms with Gasteiger partial charge in [-0.3, -0.25) is 9.63 Å². The SMILES string of the molecule is CON(C)C(=O)C1CC(CCc2ccccc2)C1. The predicted molar refractivity (Wildman–Crippen MR) is 70.8 cm³/mol. The molecule has 0 heterocycles. The Morgan fingerprint density at radius 2 is 2.00 bits per heavy atom. The second-order valence-electron chi connectivity index (χ2n) is 5.08. The van der Waals surface area contributed by atoms with E-state index in [1.807, 2.05) is 6.07 Å². The van der Waals surface area contributed by atoms with Crippen molar-refractivity contribution in [3.8, 4) is 0 Å². The third kappa shape index (κ3) is 3.10. The summed E-state index contributed by atoms with van der Waals surface area (Å²) in [6.45, 7) is 0. The second kappa shape index (κ2) is 6.01. The molecular weight excluding hydrogens is 226 g/mol. The first-order valence-corrected chi connectivity index (χ1v) is 6.56. The highest BCUT2D eigenvalue weighted by Crippen LogP contribution is 2.37. The lowest BCUT2D eigenvalue weighted by Crippen LogP contribution is -2.39. The van der Waals surface area contributed by atoms with Crippen LogP contribution in [0.3, 0.4) is 0 Å². The van der Waals surface area contributed by atoms with Crippen LogP contribution in [0.1, 0.15) is 24.8 Å². The van der Waals surface area contributed by atoms with Crippen molar-refractivity contribution in [1.29, 1.82) is 0 Å². The van der Waals surface area contributed by atoms with E-state index in [4.69, 9.17) is 4.84 Å². The quantitative estimate of drug-likeness (QED) is 0.749. The molecule has 1 aromatic rings. The van der Waals surface area contributed by atoms with Gasteiger partial charge in [0, 0.05) is 13.0 Å². The minimum atomic E-state index is 0.119. The Morgan fingerprint density at radius 3 is 2.61 bits per heavy atom. The van der Waals surface area contributed by atoms with Gasteiger partial charge in [0.2, 0.25) is 5.91 Å². The van der Waals surface area contributed by atoms with Gasteiger partial charge in [0.05, 0.1) is 7.11 Å². The molecule has 0 N–H and O–H groups in total. The van der Waals surface area contributed by atoms with Crippen molar-refractivity contribution in [3.63, 3.8) is 0 Å². The third-order valence-corrected chi connectivity index (χ3v) is 3.85. The smallest absolute Gasteiger partial charge is 0.248 e. The van der Waals surface area contributed by atoms with Gasteiger partial charge in [0.25, 0.3) is 0 Å². The van der Waals surface area contributed by atoms with Crippen molar-refractivity contribution in [3.05, 3.63) is 35.9 Å². The highest BCUT2D eigenvalue weighted by atomic mass is 16.7. The van der Waals surface area contributed by atoms with E-state index in [-0.39, 0.29) is 11.8 Å². The van der Waals surface area contributed by atoms with Crippen LogP contribution < -0.4 is 0 Å². The fourth-order valence-corrected chi connectivity index (χ4v) is 2.54. The first kappa shape index (κ1) is 13.1. The maximum Gasteiger partial charge on any atom is 0.248 e. The second-order valence-corrected chi connectivity index (χ2v) is 5.08. The monoisotopic (exact) mass is 247 g/mol. The number of carbonyl (C=O) groups is 1. The van der Waals surface area contributed by atoms with Gasteiger partial charge < -0.3 is 0 Å². The Balaban J connectivity index is 1.69. The first-order valence-electron chi connectivity index (χ1n) is 6.56. The molecule has 0 spiro atoms. The van der Waals surface area contributed by atoms with Gasteiger partial charge in [0.15, 0.2) is 0 Å². The summed E-state index contributed by atoms with van der Waals surface area (Å²) in [6, 6.07) is 10.5. The van der Waals surface area contributed by atoms with Gasteiger partial charge in [-0.1, -0.05) is 30.3 Å². The molecule has 1 saturated carbocycles. The van der Waals surface area contributed by atoms with E-state index in [2.05, 4.69) is 24.3 Å². The molecule has 98 valence electrons. The molecule has 1 fully saturated rings. The summed E-state index contributed by atoms with van der Waals surface area (Å²) < 4.78 is 0. The van der Waals surface area contributed by atoms with Crippen molar-refractivity contribution in [2.75, 3.05) is 14.2 Å². The van der Waals surface area contributed by atoms with Crippen LogP contribution in [-0.4, -0.2) is 25.1 Å². The van der Waals surface area contributed by atoms with Crippen LogP contribution in [0.5, 0.6) is 0 Å². The van der Waals surface area contributed by atoms with Crippen molar-refractivity contribution in [1.82, 2.24) is 5.06 Å². The Hall–Kier alpha value is -1.35. The van der Waals surface area contributed by atoms with Gasteiger partial charge in [0.1, 0.15) is 0 Å². The molecule has 2 rings (SSSR count). The van der Waals surface area contributed by atoms with E-state index in [1.54, 1.807) is 7.05 Å². The molecule has 1 aliphatic rings. The summed E-state index contributed by atoms with van der Waals surface area (Å²) in [4.78, 5) is 16.7. The molecule has 0 radical (unpaired) electrons. The fraction of sp³-hybridized carbons (Fsp3) is 0.533. The van der Waals surface area contributed by atoms with E-state index < -0.39 is 0 Å². The Kier molecular flexibility index (Phi) is 4.37. The molecule has 1 amide bonds. The number of amides is 1. The van der Waals surface area contributed by atoms with Gasteiger partial charge >= 0.3 is 0 Å². The molecule has 0 bridgehead atoms. The summed E-state index contributed by atoms with van der Waals surface area (Å²) in [5.41, 5.74) is 1.39. The highest BCUT2D eigenvalue weighted by molar-refractivity contribution is 5.78. The number of benzene rings is 1. The summed E-state index contributed by atoms with van der Waals surface area (Å²) in [5.74, 6) is 0.994. The molecule has 0 aliphatic heterocycles. The Morgan fingerprint density at radius 1 is 1.33 bits per heavy atom. The molecule has 1 aliphatic carbocycles. The normalized spacial score (nSPS) is 22.3. The Labute approximate surface area is 109 Å². The van der Waals surface area contributed by atoms with Gasteiger partial charge in [-0.15, -0.1) is 0 Å². The third-order valence-electron chi connectivity index (χ3n) is 3.85. The first-order chi connectivity index (χ1) is 8.70. The number of hydrogen-bond donors (Lipinski definition) is 0. The molecule has 3 nitrogen and oxygen atoms in total. The molecule has 1 aromatic carbocycles. The van der Waals surface area contributed by atoms with Crippen molar-refractivity contribution < 1.29 is 9.63 Å². The van der Waals surface area contributed by atoms with Crippen LogP contribution in [0.15, 0.2) is 30.3 Å². The molecule has 0 saturated heterocycles. The molecule has 18 heavy (non-hydrogen) atoms.